The van der Waals surface area contributed by atoms with Crippen LogP contribution in [0, 0.1) is 11.8 Å². The number of phenolic OH excluding ortho intramolecular Hbond substituents is 1. The molecule has 7 heteroatoms. The van der Waals surface area contributed by atoms with Gasteiger partial charge in [0.15, 0.2) is 0 Å². The molecule has 222 valence electrons. The maximum absolute atomic E-state index is 12.7. The summed E-state index contributed by atoms with van der Waals surface area (Å²) < 4.78 is 6.48. The van der Waals surface area contributed by atoms with Crippen molar-refractivity contribution in [3.8, 4) is 11.5 Å². The number of aromatic nitrogens is 1. The molecule has 0 amide bonds. The van der Waals surface area contributed by atoms with Gasteiger partial charge in [0.25, 0.3) is 0 Å². The molecule has 0 radical (unpaired) electrons. The fourth-order valence-corrected chi connectivity index (χ4v) is 8.28. The summed E-state index contributed by atoms with van der Waals surface area (Å²) in [5.41, 5.74) is 4.40. The van der Waals surface area contributed by atoms with Gasteiger partial charge in [-0.1, -0.05) is 37.6 Å². The van der Waals surface area contributed by atoms with Crippen LogP contribution in [0.3, 0.4) is 0 Å². The molecule has 3 aromatic rings. The van der Waals surface area contributed by atoms with Gasteiger partial charge in [-0.15, -0.1) is 0 Å². The molecule has 1 saturated carbocycles. The zero-order chi connectivity index (χ0) is 29.5. The lowest BCUT2D eigenvalue weighted by Crippen LogP contribution is -2.53. The molecular weight excluding hydrogens is 548 g/mol. The van der Waals surface area contributed by atoms with E-state index in [2.05, 4.69) is 30.2 Å². The number of carbonyl (C=O) groups is 1. The molecule has 1 unspecified atom stereocenters. The monoisotopic (exact) mass is 588 g/mol. The Morgan fingerprint density at radius 2 is 1.98 bits per heavy atom. The predicted octanol–water partition coefficient (Wildman–Crippen LogP) is 7.91. The van der Waals surface area contributed by atoms with Crippen LogP contribution < -0.4 is 10.1 Å². The number of halogens is 1. The fourth-order valence-electron chi connectivity index (χ4n) is 8.09. The van der Waals surface area contributed by atoms with E-state index in [4.69, 9.17) is 16.3 Å². The maximum Gasteiger partial charge on any atom is 0.329 e. The van der Waals surface area contributed by atoms with E-state index in [0.29, 0.717) is 42.2 Å². The summed E-state index contributed by atoms with van der Waals surface area (Å²) in [6.45, 7) is 5.16. The number of hydrogen-bond acceptors (Lipinski definition) is 5. The van der Waals surface area contributed by atoms with E-state index in [-0.39, 0.29) is 11.2 Å². The van der Waals surface area contributed by atoms with Crippen molar-refractivity contribution in [2.75, 3.05) is 11.9 Å². The molecule has 0 aliphatic heterocycles. The highest BCUT2D eigenvalue weighted by Crippen LogP contribution is 2.56. The van der Waals surface area contributed by atoms with Crippen LogP contribution in [0.1, 0.15) is 87.1 Å². The van der Waals surface area contributed by atoms with Gasteiger partial charge in [-0.25, -0.2) is 4.79 Å². The number of anilines is 1. The topological polar surface area (TPSA) is 91.7 Å². The molecule has 1 spiro atoms. The standard InChI is InChI=1S/C35H41ClN2O4/c1-22(21-42-31-11-16-37-30-8-3-5-23(2)32(30)31)17-25-18-24-9-10-28(39)20-29(24)34(25)12-14-35(15-13-34,33(40)41)38-27-7-4-6-26(36)19-27/h4,6-7,9-11,16,19-20,22-23,25,38-39H,3,5,8,12-15,17-18,21H2,1-2H3,(H,40,41)/t22-,23-,25?,34?,35?/m1/s1. The van der Waals surface area contributed by atoms with Gasteiger partial charge < -0.3 is 20.3 Å². The molecule has 2 aromatic carbocycles. The summed E-state index contributed by atoms with van der Waals surface area (Å²) >= 11 is 6.21. The van der Waals surface area contributed by atoms with Gasteiger partial charge in [0, 0.05) is 28.2 Å². The first kappa shape index (κ1) is 28.9. The van der Waals surface area contributed by atoms with Crippen LogP contribution in [0.15, 0.2) is 54.7 Å². The summed E-state index contributed by atoms with van der Waals surface area (Å²) in [5, 5.41) is 24.8. The lowest BCUT2D eigenvalue weighted by Gasteiger charge is -2.47. The van der Waals surface area contributed by atoms with Crippen LogP contribution in [0.5, 0.6) is 11.5 Å². The number of pyridine rings is 1. The Hall–Kier alpha value is -3.25. The fraction of sp³-hybridized carbons (Fsp3) is 0.486. The lowest BCUT2D eigenvalue weighted by atomic mass is 9.59. The van der Waals surface area contributed by atoms with Gasteiger partial charge in [-0.3, -0.25) is 4.98 Å². The SMILES string of the molecule is C[C@@H](COc1ccnc2c1[C@H](C)CCC2)CC1Cc2ccc(O)cc2C12CCC(Nc1cccc(Cl)c1)(C(=O)O)CC2. The number of carboxylic acid groups (broad SMARTS) is 1. The van der Waals surface area contributed by atoms with Crippen molar-refractivity contribution < 1.29 is 19.7 Å². The van der Waals surface area contributed by atoms with E-state index in [1.54, 1.807) is 18.2 Å². The minimum absolute atomic E-state index is 0.179. The summed E-state index contributed by atoms with van der Waals surface area (Å²) in [4.78, 5) is 17.3. The molecule has 3 atom stereocenters. The molecule has 3 N–H and O–H groups in total. The Balaban J connectivity index is 1.21. The first-order valence-corrected chi connectivity index (χ1v) is 15.8. The zero-order valence-corrected chi connectivity index (χ0v) is 25.3. The van der Waals surface area contributed by atoms with Crippen LogP contribution in [0.2, 0.25) is 5.02 Å². The number of phenols is 1. The minimum Gasteiger partial charge on any atom is -0.508 e. The molecule has 0 bridgehead atoms. The van der Waals surface area contributed by atoms with Crippen LogP contribution in [0.4, 0.5) is 5.69 Å². The number of benzene rings is 2. The third-order valence-electron chi connectivity index (χ3n) is 10.3. The first-order chi connectivity index (χ1) is 20.2. The maximum atomic E-state index is 12.7. The predicted molar refractivity (Wildman–Crippen MR) is 166 cm³/mol. The van der Waals surface area contributed by atoms with E-state index in [0.717, 1.165) is 43.5 Å². The third kappa shape index (κ3) is 5.34. The average Bonchev–Trinajstić information content (AvgIpc) is 3.24. The third-order valence-corrected chi connectivity index (χ3v) is 10.5. The van der Waals surface area contributed by atoms with E-state index >= 15 is 0 Å². The highest BCUT2D eigenvalue weighted by atomic mass is 35.5. The summed E-state index contributed by atoms with van der Waals surface area (Å²) in [5.74, 6) is 1.53. The van der Waals surface area contributed by atoms with Gasteiger partial charge >= 0.3 is 5.97 Å². The van der Waals surface area contributed by atoms with Crippen molar-refractivity contribution >= 4 is 23.3 Å². The molecule has 1 heterocycles. The molecule has 6 nitrogen and oxygen atoms in total. The second-order valence-corrected chi connectivity index (χ2v) is 13.5. The molecule has 42 heavy (non-hydrogen) atoms. The Bertz CT molecular complexity index is 1470. The van der Waals surface area contributed by atoms with Gasteiger partial charge in [0.05, 0.1) is 6.61 Å². The second kappa shape index (κ2) is 11.4. The Morgan fingerprint density at radius 3 is 2.74 bits per heavy atom. The molecule has 1 fully saturated rings. The second-order valence-electron chi connectivity index (χ2n) is 13.0. The summed E-state index contributed by atoms with van der Waals surface area (Å²) in [6.07, 6.45) is 9.60. The normalized spacial score (nSPS) is 27.2. The number of aliphatic carboxylic acids is 1. The number of nitrogens with zero attached hydrogens (tertiary/aromatic N) is 1. The number of hydrogen-bond donors (Lipinski definition) is 3. The molecule has 3 aliphatic carbocycles. The van der Waals surface area contributed by atoms with Crippen molar-refractivity contribution in [1.29, 1.82) is 0 Å². The Kier molecular flexibility index (Phi) is 7.86. The highest BCUT2D eigenvalue weighted by molar-refractivity contribution is 6.30. The number of nitrogens with one attached hydrogen (secondary N) is 1. The number of carboxylic acids is 1. The number of aryl methyl sites for hydroxylation is 1. The molecule has 3 aliphatic rings. The van der Waals surface area contributed by atoms with Crippen molar-refractivity contribution in [3.05, 3.63) is 82.1 Å². The smallest absolute Gasteiger partial charge is 0.329 e. The largest absolute Gasteiger partial charge is 0.508 e. The number of ether oxygens (including phenoxy) is 1. The average molecular weight is 589 g/mol. The number of aromatic hydroxyl groups is 1. The van der Waals surface area contributed by atoms with E-state index in [1.807, 2.05) is 30.5 Å². The van der Waals surface area contributed by atoms with Crippen LogP contribution in [0.25, 0.3) is 0 Å². The van der Waals surface area contributed by atoms with Crippen molar-refractivity contribution in [2.24, 2.45) is 11.8 Å². The van der Waals surface area contributed by atoms with Gasteiger partial charge in [-0.05, 0) is 128 Å². The first-order valence-electron chi connectivity index (χ1n) is 15.4. The minimum atomic E-state index is -1.06. The van der Waals surface area contributed by atoms with E-state index in [9.17, 15) is 15.0 Å². The van der Waals surface area contributed by atoms with Crippen molar-refractivity contribution in [2.45, 2.75) is 88.5 Å². The van der Waals surface area contributed by atoms with Crippen LogP contribution in [-0.4, -0.2) is 33.3 Å². The van der Waals surface area contributed by atoms with Crippen LogP contribution in [-0.2, 0) is 23.1 Å². The van der Waals surface area contributed by atoms with Gasteiger partial charge in [0.2, 0.25) is 0 Å². The molecular formula is C35H41ClN2O4. The summed E-state index contributed by atoms with van der Waals surface area (Å²) in [6, 6.07) is 15.1. The van der Waals surface area contributed by atoms with E-state index in [1.165, 1.54) is 35.2 Å². The molecule has 6 rings (SSSR count). The zero-order valence-electron chi connectivity index (χ0n) is 24.5. The van der Waals surface area contributed by atoms with Gasteiger partial charge in [0.1, 0.15) is 17.0 Å². The molecule has 1 aromatic heterocycles. The van der Waals surface area contributed by atoms with Crippen molar-refractivity contribution in [1.82, 2.24) is 4.98 Å². The van der Waals surface area contributed by atoms with Gasteiger partial charge in [-0.2, -0.15) is 0 Å². The summed E-state index contributed by atoms with van der Waals surface area (Å²) in [7, 11) is 0. The number of rotatable bonds is 8. The molecule has 0 saturated heterocycles. The highest BCUT2D eigenvalue weighted by Gasteiger charge is 2.54. The number of fused-ring (bicyclic) bond motifs is 3. The van der Waals surface area contributed by atoms with Crippen molar-refractivity contribution in [3.63, 3.8) is 0 Å². The lowest BCUT2D eigenvalue weighted by molar-refractivity contribution is -0.144. The Labute approximate surface area is 253 Å². The van der Waals surface area contributed by atoms with Crippen LogP contribution >= 0.6 is 11.6 Å². The Morgan fingerprint density at radius 1 is 1.17 bits per heavy atom. The quantitative estimate of drug-likeness (QED) is 0.248. The van der Waals surface area contributed by atoms with E-state index < -0.39 is 11.5 Å².